The third-order valence-corrected chi connectivity index (χ3v) is 5.18. The quantitative estimate of drug-likeness (QED) is 0.0942. The van der Waals surface area contributed by atoms with Crippen molar-refractivity contribution in [3.63, 3.8) is 0 Å². The lowest BCUT2D eigenvalue weighted by molar-refractivity contribution is -0.126. The minimum atomic E-state index is -0.737. The molecule has 11 heteroatoms. The van der Waals surface area contributed by atoms with Crippen molar-refractivity contribution in [2.45, 2.75) is 37.8 Å². The van der Waals surface area contributed by atoms with Crippen molar-refractivity contribution in [1.29, 1.82) is 0 Å². The summed E-state index contributed by atoms with van der Waals surface area (Å²) in [5, 5.41) is 20.5. The van der Waals surface area contributed by atoms with Gasteiger partial charge in [-0.1, -0.05) is 12.1 Å². The number of hydrogen-bond donors (Lipinski definition) is 6. The fourth-order valence-electron chi connectivity index (χ4n) is 3.14. The average molecular weight is 494 g/mol. The van der Waals surface area contributed by atoms with E-state index >= 15 is 0 Å². The lowest BCUT2D eigenvalue weighted by Gasteiger charge is -2.19. The monoisotopic (exact) mass is 493 g/mol. The van der Waals surface area contributed by atoms with Gasteiger partial charge in [-0.25, -0.2) is 0 Å². The number of aromatic hydroxyl groups is 1. The Morgan fingerprint density at radius 1 is 1.03 bits per heavy atom. The van der Waals surface area contributed by atoms with Gasteiger partial charge in [-0.2, -0.15) is 0 Å². The maximum absolute atomic E-state index is 12.5. The Morgan fingerprint density at radius 3 is 2.40 bits per heavy atom. The zero-order valence-corrected chi connectivity index (χ0v) is 20.4. The number of benzene rings is 1. The van der Waals surface area contributed by atoms with Crippen LogP contribution in [-0.2, 0) is 30.3 Å². The van der Waals surface area contributed by atoms with Crippen molar-refractivity contribution in [3.05, 3.63) is 36.9 Å². The van der Waals surface area contributed by atoms with Crippen LogP contribution in [0.15, 0.2) is 24.3 Å². The standard InChI is InChI=1S/C24H39N5O6/c1-26-11-12-34-13-14-35-17-23(32)28-10-4-3-5-20(27-2)22(31)16-29-21(24(25)33)15-18-6-8-19(30)9-7-18/h2,6-9,20-21,26-27,29-30H,3-5,10-17H2,1H3,(H2,25,33)(H,28,32)/t20-,21-/m0/s1. The Hall–Kier alpha value is -2.57. The van der Waals surface area contributed by atoms with Crippen molar-refractivity contribution in [2.24, 2.45) is 5.73 Å². The molecule has 11 nitrogen and oxygen atoms in total. The SMILES string of the molecule is [CH]N[C@@H](CCCCNC(=O)COCCOCCNC)C(=O)CN[C@@H](Cc1ccc(O)cc1)C(N)=O. The zero-order valence-electron chi connectivity index (χ0n) is 20.4. The number of nitrogens with one attached hydrogen (secondary N) is 4. The highest BCUT2D eigenvalue weighted by molar-refractivity contribution is 5.87. The van der Waals surface area contributed by atoms with Crippen LogP contribution in [0, 0.1) is 7.05 Å². The lowest BCUT2D eigenvalue weighted by atomic mass is 10.0. The number of ether oxygens (including phenoxy) is 2. The van der Waals surface area contributed by atoms with Gasteiger partial charge < -0.3 is 36.3 Å². The molecular formula is C24H39N5O6. The van der Waals surface area contributed by atoms with E-state index in [1.807, 2.05) is 7.05 Å². The molecule has 0 saturated carbocycles. The molecule has 1 aromatic carbocycles. The first-order valence-electron chi connectivity index (χ1n) is 11.7. The van der Waals surface area contributed by atoms with Gasteiger partial charge in [0.25, 0.3) is 0 Å². The number of carbonyl (C=O) groups excluding carboxylic acids is 3. The normalized spacial score (nSPS) is 12.7. The van der Waals surface area contributed by atoms with E-state index in [-0.39, 0.29) is 37.0 Å². The lowest BCUT2D eigenvalue weighted by Crippen LogP contribution is -2.48. The van der Waals surface area contributed by atoms with Crippen LogP contribution >= 0.6 is 0 Å². The Kier molecular flexibility index (Phi) is 16.3. The Labute approximate surface area is 207 Å². The number of rotatable bonds is 21. The predicted molar refractivity (Wildman–Crippen MR) is 131 cm³/mol. The smallest absolute Gasteiger partial charge is 0.245 e. The maximum Gasteiger partial charge on any atom is 0.245 e. The Bertz CT molecular complexity index is 746. The molecule has 1 aromatic rings. The van der Waals surface area contributed by atoms with Crippen LogP contribution in [0.2, 0.25) is 0 Å². The first kappa shape index (κ1) is 30.5. The summed E-state index contributed by atoms with van der Waals surface area (Å²) in [6.07, 6.45) is 2.10. The summed E-state index contributed by atoms with van der Waals surface area (Å²) in [6.45, 7) is 2.49. The van der Waals surface area contributed by atoms with Crippen LogP contribution in [0.3, 0.4) is 0 Å². The van der Waals surface area contributed by atoms with Crippen molar-refractivity contribution in [1.82, 2.24) is 21.3 Å². The van der Waals surface area contributed by atoms with Gasteiger partial charge in [0.1, 0.15) is 12.4 Å². The van der Waals surface area contributed by atoms with Crippen LogP contribution in [0.5, 0.6) is 5.75 Å². The van der Waals surface area contributed by atoms with E-state index in [0.29, 0.717) is 45.6 Å². The molecule has 0 spiro atoms. The number of ketones is 1. The molecule has 2 radical (unpaired) electrons. The molecule has 2 amide bonds. The molecule has 0 aromatic heterocycles. The number of Topliss-reactive ketones (excluding diaryl/α,β-unsaturated/α-hetero) is 1. The molecule has 0 saturated heterocycles. The molecule has 0 aliphatic heterocycles. The van der Waals surface area contributed by atoms with E-state index < -0.39 is 18.0 Å². The molecule has 0 heterocycles. The third-order valence-electron chi connectivity index (χ3n) is 5.18. The first-order valence-corrected chi connectivity index (χ1v) is 11.7. The number of carbonyl (C=O) groups is 3. The van der Waals surface area contributed by atoms with Crippen LogP contribution in [0.1, 0.15) is 24.8 Å². The highest BCUT2D eigenvalue weighted by atomic mass is 16.5. The number of likely N-dealkylation sites (N-methyl/N-ethyl adjacent to an activating group) is 1. The Balaban J connectivity index is 2.22. The summed E-state index contributed by atoms with van der Waals surface area (Å²) in [6, 6.07) is 5.08. The van der Waals surface area contributed by atoms with Crippen molar-refractivity contribution in [3.8, 4) is 5.75 Å². The number of nitrogens with two attached hydrogens (primary N) is 1. The third kappa shape index (κ3) is 14.4. The second kappa shape index (κ2) is 18.7. The van der Waals surface area contributed by atoms with Gasteiger partial charge in [0, 0.05) is 20.1 Å². The van der Waals surface area contributed by atoms with Gasteiger partial charge in [-0.05, 0) is 50.4 Å². The molecule has 0 aliphatic carbocycles. The van der Waals surface area contributed by atoms with Crippen LogP contribution in [0.25, 0.3) is 0 Å². The van der Waals surface area contributed by atoms with Gasteiger partial charge in [-0.3, -0.25) is 19.7 Å². The van der Waals surface area contributed by atoms with E-state index in [9.17, 15) is 19.5 Å². The zero-order chi connectivity index (χ0) is 25.9. The summed E-state index contributed by atoms with van der Waals surface area (Å²) in [7, 11) is 7.38. The highest BCUT2D eigenvalue weighted by Crippen LogP contribution is 2.11. The highest BCUT2D eigenvalue weighted by Gasteiger charge is 2.20. The first-order chi connectivity index (χ1) is 16.9. The molecule has 1 rings (SSSR count). The molecule has 0 bridgehead atoms. The second-order valence-corrected chi connectivity index (χ2v) is 8.01. The predicted octanol–water partition coefficient (Wildman–Crippen LogP) is -0.887. The number of hydrogen-bond acceptors (Lipinski definition) is 9. The topological polar surface area (TPSA) is 164 Å². The van der Waals surface area contributed by atoms with Crippen LogP contribution < -0.4 is 27.0 Å². The van der Waals surface area contributed by atoms with Crippen molar-refractivity contribution in [2.75, 3.05) is 53.1 Å². The maximum atomic E-state index is 12.5. The minimum Gasteiger partial charge on any atom is -0.508 e. The van der Waals surface area contributed by atoms with E-state index in [1.165, 1.54) is 12.1 Å². The molecular weight excluding hydrogens is 454 g/mol. The van der Waals surface area contributed by atoms with Crippen molar-refractivity contribution >= 4 is 17.6 Å². The van der Waals surface area contributed by atoms with E-state index in [2.05, 4.69) is 21.3 Å². The van der Waals surface area contributed by atoms with Gasteiger partial charge in [0.2, 0.25) is 11.8 Å². The van der Waals surface area contributed by atoms with Gasteiger partial charge >= 0.3 is 0 Å². The molecule has 196 valence electrons. The summed E-state index contributed by atoms with van der Waals surface area (Å²) in [5.41, 5.74) is 6.25. The molecule has 2 atom stereocenters. The minimum absolute atomic E-state index is 0.0301. The van der Waals surface area contributed by atoms with E-state index in [1.54, 1.807) is 12.1 Å². The molecule has 35 heavy (non-hydrogen) atoms. The molecule has 0 fully saturated rings. The number of primary amides is 1. The average Bonchev–Trinajstić information content (AvgIpc) is 2.84. The van der Waals surface area contributed by atoms with Crippen LogP contribution in [-0.4, -0.2) is 87.9 Å². The number of amides is 2. The van der Waals surface area contributed by atoms with E-state index in [0.717, 1.165) is 12.1 Å². The van der Waals surface area contributed by atoms with E-state index in [4.69, 9.17) is 22.3 Å². The fourth-order valence-corrected chi connectivity index (χ4v) is 3.14. The summed E-state index contributed by atoms with van der Waals surface area (Å²) >= 11 is 0. The van der Waals surface area contributed by atoms with Gasteiger partial charge in [0.05, 0.1) is 38.4 Å². The number of phenolic OH excluding ortho intramolecular Hbond substituents is 1. The van der Waals surface area contributed by atoms with Gasteiger partial charge in [0.15, 0.2) is 5.78 Å². The Morgan fingerprint density at radius 2 is 1.74 bits per heavy atom. The largest absolute Gasteiger partial charge is 0.508 e. The van der Waals surface area contributed by atoms with Gasteiger partial charge in [-0.15, -0.1) is 0 Å². The second-order valence-electron chi connectivity index (χ2n) is 8.01. The number of phenols is 1. The number of unbranched alkanes of at least 4 members (excludes halogenated alkanes) is 1. The molecule has 0 aliphatic rings. The summed E-state index contributed by atoms with van der Waals surface area (Å²) < 4.78 is 10.5. The fraction of sp³-hybridized carbons (Fsp3) is 0.583. The summed E-state index contributed by atoms with van der Waals surface area (Å²) in [4.78, 5) is 36.0. The molecule has 0 unspecified atom stereocenters. The summed E-state index contributed by atoms with van der Waals surface area (Å²) in [5.74, 6) is -0.859. The molecule has 7 N–H and O–H groups in total. The van der Waals surface area contributed by atoms with Crippen LogP contribution in [0.4, 0.5) is 0 Å². The van der Waals surface area contributed by atoms with Crippen molar-refractivity contribution < 1.29 is 29.0 Å².